The van der Waals surface area contributed by atoms with Crippen molar-refractivity contribution >= 4 is 44.3 Å². The predicted molar refractivity (Wildman–Crippen MR) is 149 cm³/mol. The molecule has 0 saturated carbocycles. The topological polar surface area (TPSA) is 127 Å². The average Bonchev–Trinajstić information content (AvgIpc) is 3.42. The van der Waals surface area contributed by atoms with Gasteiger partial charge in [0.25, 0.3) is 5.91 Å². The molecule has 38 heavy (non-hydrogen) atoms. The summed E-state index contributed by atoms with van der Waals surface area (Å²) >= 11 is 7.67. The van der Waals surface area contributed by atoms with Crippen molar-refractivity contribution in [3.63, 3.8) is 0 Å². The molecule has 4 rings (SSSR count). The fourth-order valence-electron chi connectivity index (χ4n) is 4.17. The molecule has 0 unspecified atom stereocenters. The molecule has 9 nitrogen and oxygen atoms in total. The first kappa shape index (κ1) is 28.1. The molecule has 12 heteroatoms. The lowest BCUT2D eigenvalue weighted by molar-refractivity contribution is 0.0998. The van der Waals surface area contributed by atoms with Gasteiger partial charge in [-0.1, -0.05) is 29.8 Å². The van der Waals surface area contributed by atoms with Crippen LogP contribution in [-0.2, 0) is 22.1 Å². The van der Waals surface area contributed by atoms with Crippen LogP contribution in [0, 0.1) is 0 Å². The zero-order valence-corrected chi connectivity index (χ0v) is 23.6. The van der Waals surface area contributed by atoms with E-state index in [0.29, 0.717) is 35.0 Å². The second kappa shape index (κ2) is 11.4. The first-order valence-electron chi connectivity index (χ1n) is 11.8. The summed E-state index contributed by atoms with van der Waals surface area (Å²) in [6, 6.07) is 10.7. The number of sulfone groups is 1. The molecule has 1 aromatic carbocycles. The Morgan fingerprint density at radius 2 is 2.00 bits per heavy atom. The number of hydrogen-bond donors (Lipinski definition) is 2. The number of fused-ring (bicyclic) bond motifs is 1. The van der Waals surface area contributed by atoms with Gasteiger partial charge in [0.05, 0.1) is 29.1 Å². The van der Waals surface area contributed by atoms with Gasteiger partial charge in [-0.25, -0.2) is 13.4 Å². The van der Waals surface area contributed by atoms with Gasteiger partial charge in [0.2, 0.25) is 0 Å². The van der Waals surface area contributed by atoms with Crippen LogP contribution in [-0.4, -0.2) is 60.2 Å². The zero-order chi connectivity index (χ0) is 27.6. The smallest absolute Gasteiger partial charge is 0.262 e. The maximum absolute atomic E-state index is 12.3. The highest BCUT2D eigenvalue weighted by Crippen LogP contribution is 2.39. The minimum absolute atomic E-state index is 0.0807. The Balaban J connectivity index is 1.63. The summed E-state index contributed by atoms with van der Waals surface area (Å²) in [4.78, 5) is 19.8. The number of aliphatic hydroxyl groups is 1. The van der Waals surface area contributed by atoms with Crippen molar-refractivity contribution < 1.29 is 23.1 Å². The van der Waals surface area contributed by atoms with Crippen LogP contribution >= 0.6 is 22.9 Å². The quantitative estimate of drug-likeness (QED) is 0.277. The van der Waals surface area contributed by atoms with Crippen molar-refractivity contribution in [1.29, 1.82) is 0 Å². The van der Waals surface area contributed by atoms with Gasteiger partial charge in [-0.15, -0.1) is 11.3 Å². The van der Waals surface area contributed by atoms with Gasteiger partial charge in [-0.3, -0.25) is 14.1 Å². The molecule has 0 fully saturated rings. The number of hydrogen-bond acceptors (Lipinski definition) is 8. The second-order valence-electron chi connectivity index (χ2n) is 9.22. The third kappa shape index (κ3) is 6.54. The largest absolute Gasteiger partial charge is 0.484 e. The number of primary amides is 1. The number of carbonyl (C=O) groups is 1. The number of rotatable bonds is 11. The van der Waals surface area contributed by atoms with Crippen molar-refractivity contribution in [2.45, 2.75) is 25.3 Å². The number of aromatic nitrogens is 2. The van der Waals surface area contributed by atoms with Crippen LogP contribution in [0.2, 0.25) is 5.02 Å². The fourth-order valence-corrected chi connectivity index (χ4v) is 6.26. The molecule has 3 heterocycles. The zero-order valence-electron chi connectivity index (χ0n) is 21.2. The van der Waals surface area contributed by atoms with E-state index in [1.807, 2.05) is 34.7 Å². The molecule has 0 saturated heterocycles. The Bertz CT molecular complexity index is 1580. The van der Waals surface area contributed by atoms with E-state index in [2.05, 4.69) is 4.98 Å². The van der Waals surface area contributed by atoms with E-state index in [9.17, 15) is 18.3 Å². The van der Waals surface area contributed by atoms with E-state index in [0.717, 1.165) is 21.8 Å². The Morgan fingerprint density at radius 3 is 2.66 bits per heavy atom. The number of nitrogens with two attached hydrogens (primary N) is 1. The van der Waals surface area contributed by atoms with Gasteiger partial charge in [0, 0.05) is 42.2 Å². The summed E-state index contributed by atoms with van der Waals surface area (Å²) in [6.07, 6.45) is 4.35. The number of imidazole rings is 1. The average molecular weight is 577 g/mol. The molecule has 4 aromatic rings. The molecule has 3 N–H and O–H groups in total. The normalized spacial score (nSPS) is 12.8. The van der Waals surface area contributed by atoms with Gasteiger partial charge < -0.3 is 15.6 Å². The van der Waals surface area contributed by atoms with Crippen molar-refractivity contribution in [3.8, 4) is 16.3 Å². The lowest BCUT2D eigenvalue weighted by Crippen LogP contribution is -2.21. The van der Waals surface area contributed by atoms with Crippen LogP contribution in [0.1, 0.15) is 39.4 Å². The SMILES string of the molecule is C[C@@H](Oc1cc(-c2cnc3ccc(CN(C)CCO)cn23)sc1C(N)=O)c1ccc(CS(C)(=O)=O)cc1Cl. The van der Waals surface area contributed by atoms with Gasteiger partial charge in [0.15, 0.2) is 9.84 Å². The molecule has 0 radical (unpaired) electrons. The number of thiophene rings is 1. The summed E-state index contributed by atoms with van der Waals surface area (Å²) in [5, 5.41) is 9.56. The van der Waals surface area contributed by atoms with E-state index < -0.39 is 21.8 Å². The fraction of sp³-hybridized carbons (Fsp3) is 0.308. The molecule has 202 valence electrons. The highest BCUT2D eigenvalue weighted by atomic mass is 35.5. The number of benzene rings is 1. The summed E-state index contributed by atoms with van der Waals surface area (Å²) in [7, 11) is -1.26. The van der Waals surface area contributed by atoms with Crippen molar-refractivity contribution in [1.82, 2.24) is 14.3 Å². The Kier molecular flexibility index (Phi) is 8.43. The second-order valence-corrected chi connectivity index (χ2v) is 12.8. The van der Waals surface area contributed by atoms with Crippen LogP contribution in [0.25, 0.3) is 16.2 Å². The number of nitrogens with zero attached hydrogens (tertiary/aromatic N) is 3. The first-order chi connectivity index (χ1) is 17.9. The standard InChI is InChI=1S/C26H29ClN4O5S2/c1-16(19-6-4-17(10-20(19)27)15-38(3,34)35)36-22-11-23(37-25(22)26(28)33)21-12-29-24-7-5-18(14-31(21)24)13-30(2)8-9-32/h4-7,10-12,14,16,32H,8-9,13,15H2,1-3H3,(H2,28,33)/t16-/m1/s1. The molecule has 0 bridgehead atoms. The maximum Gasteiger partial charge on any atom is 0.262 e. The van der Waals surface area contributed by atoms with E-state index in [4.69, 9.17) is 22.1 Å². The van der Waals surface area contributed by atoms with Crippen LogP contribution in [0.3, 0.4) is 0 Å². The summed E-state index contributed by atoms with van der Waals surface area (Å²) in [6.45, 7) is 3.09. The summed E-state index contributed by atoms with van der Waals surface area (Å²) < 4.78 is 31.3. The minimum Gasteiger partial charge on any atom is -0.484 e. The monoisotopic (exact) mass is 576 g/mol. The highest BCUT2D eigenvalue weighted by Gasteiger charge is 2.22. The number of carbonyl (C=O) groups excluding carboxylic acids is 1. The number of likely N-dealkylation sites (N-methyl/N-ethyl adjacent to an activating group) is 1. The van der Waals surface area contributed by atoms with E-state index in [1.165, 1.54) is 17.6 Å². The van der Waals surface area contributed by atoms with Gasteiger partial charge in [0.1, 0.15) is 22.4 Å². The number of ether oxygens (including phenoxy) is 1. The molecular formula is C26H29ClN4O5S2. The Morgan fingerprint density at radius 1 is 1.26 bits per heavy atom. The number of aliphatic hydroxyl groups excluding tert-OH is 1. The Hall–Kier alpha value is -2.96. The molecular weight excluding hydrogens is 548 g/mol. The molecule has 1 amide bonds. The molecule has 0 aliphatic rings. The molecule has 0 spiro atoms. The maximum atomic E-state index is 12.3. The summed E-state index contributed by atoms with van der Waals surface area (Å²) in [5.74, 6) is -0.394. The van der Waals surface area contributed by atoms with Crippen molar-refractivity contribution in [3.05, 3.63) is 75.4 Å². The lowest BCUT2D eigenvalue weighted by atomic mass is 10.1. The minimum atomic E-state index is -3.20. The van der Waals surface area contributed by atoms with Crippen LogP contribution in [0.15, 0.2) is 48.8 Å². The van der Waals surface area contributed by atoms with Crippen molar-refractivity contribution in [2.75, 3.05) is 26.5 Å². The number of halogens is 1. The van der Waals surface area contributed by atoms with Crippen LogP contribution in [0.4, 0.5) is 0 Å². The molecule has 1 atom stereocenters. The number of pyridine rings is 1. The van der Waals surface area contributed by atoms with Gasteiger partial charge in [-0.2, -0.15) is 0 Å². The summed E-state index contributed by atoms with van der Waals surface area (Å²) in [5.41, 5.74) is 9.49. The molecule has 0 aliphatic carbocycles. The van der Waals surface area contributed by atoms with Crippen LogP contribution < -0.4 is 10.5 Å². The highest BCUT2D eigenvalue weighted by molar-refractivity contribution is 7.89. The van der Waals surface area contributed by atoms with Crippen LogP contribution in [0.5, 0.6) is 5.75 Å². The van der Waals surface area contributed by atoms with Gasteiger partial charge in [-0.05, 0) is 37.2 Å². The molecule has 3 aromatic heterocycles. The lowest BCUT2D eigenvalue weighted by Gasteiger charge is -2.17. The van der Waals surface area contributed by atoms with E-state index in [-0.39, 0.29) is 17.2 Å². The van der Waals surface area contributed by atoms with Crippen molar-refractivity contribution in [2.24, 2.45) is 5.73 Å². The third-order valence-corrected chi connectivity index (χ3v) is 8.25. The molecule has 0 aliphatic heterocycles. The third-order valence-electron chi connectivity index (χ3n) is 5.91. The number of amides is 1. The first-order valence-corrected chi connectivity index (χ1v) is 15.0. The van der Waals surface area contributed by atoms with E-state index in [1.54, 1.807) is 37.4 Å². The van der Waals surface area contributed by atoms with Gasteiger partial charge >= 0.3 is 0 Å². The Labute approximate surface area is 230 Å². The predicted octanol–water partition coefficient (Wildman–Crippen LogP) is 3.92. The van der Waals surface area contributed by atoms with E-state index >= 15 is 0 Å².